The van der Waals surface area contributed by atoms with Gasteiger partial charge in [0, 0.05) is 19.0 Å². The van der Waals surface area contributed by atoms with Gasteiger partial charge in [0.2, 0.25) is 11.6 Å². The third-order valence-corrected chi connectivity index (χ3v) is 3.75. The predicted octanol–water partition coefficient (Wildman–Crippen LogP) is 3.63. The zero-order chi connectivity index (χ0) is 15.0. The Kier molecular flexibility index (Phi) is 3.53. The highest BCUT2D eigenvalue weighted by Crippen LogP contribution is 2.34. The van der Waals surface area contributed by atoms with Crippen molar-refractivity contribution in [3.05, 3.63) is 59.4 Å². The Morgan fingerprint density at radius 3 is 2.19 bits per heavy atom. The number of hydrogen-bond acceptors (Lipinski definition) is 2. The third kappa shape index (κ3) is 2.46. The number of benzene rings is 1. The normalized spacial score (nSPS) is 18.3. The van der Waals surface area contributed by atoms with Crippen LogP contribution in [0.5, 0.6) is 0 Å². The number of nitrogens with zero attached hydrogens (tertiary/aromatic N) is 2. The molecule has 0 spiro atoms. The van der Waals surface area contributed by atoms with E-state index in [-0.39, 0.29) is 5.92 Å². The van der Waals surface area contributed by atoms with Crippen LogP contribution in [-0.2, 0) is 0 Å². The van der Waals surface area contributed by atoms with Crippen molar-refractivity contribution in [1.82, 2.24) is 4.98 Å². The minimum atomic E-state index is -1.62. The van der Waals surface area contributed by atoms with Crippen LogP contribution in [0.25, 0.3) is 0 Å². The molecule has 0 bridgehead atoms. The first-order valence-electron chi connectivity index (χ1n) is 6.58. The maximum atomic E-state index is 13.7. The molecular formula is C15H12F4N2. The Balaban J connectivity index is 1.91. The van der Waals surface area contributed by atoms with Crippen molar-refractivity contribution in [2.75, 3.05) is 18.0 Å². The lowest BCUT2D eigenvalue weighted by molar-refractivity contribution is 0.407. The Morgan fingerprint density at radius 2 is 1.57 bits per heavy atom. The Bertz CT molecular complexity index is 634. The maximum Gasteiger partial charge on any atom is 0.253 e. The summed E-state index contributed by atoms with van der Waals surface area (Å²) in [6, 6.07) is 9.49. The monoisotopic (exact) mass is 296 g/mol. The Hall–Kier alpha value is -2.11. The molecule has 6 heteroatoms. The molecule has 0 amide bonds. The highest BCUT2D eigenvalue weighted by molar-refractivity contribution is 5.50. The lowest BCUT2D eigenvalue weighted by Crippen LogP contribution is -2.23. The van der Waals surface area contributed by atoms with Gasteiger partial charge in [-0.05, 0) is 12.0 Å². The molecule has 0 saturated carbocycles. The van der Waals surface area contributed by atoms with E-state index >= 15 is 0 Å². The fourth-order valence-electron chi connectivity index (χ4n) is 2.71. The van der Waals surface area contributed by atoms with Gasteiger partial charge in [0.05, 0.1) is 0 Å². The van der Waals surface area contributed by atoms with E-state index in [1.807, 2.05) is 30.3 Å². The van der Waals surface area contributed by atoms with E-state index in [1.165, 1.54) is 4.90 Å². The predicted molar refractivity (Wildman–Crippen MR) is 70.1 cm³/mol. The molecule has 21 heavy (non-hydrogen) atoms. The van der Waals surface area contributed by atoms with Crippen LogP contribution in [-0.4, -0.2) is 18.1 Å². The number of aromatic nitrogens is 1. The first-order valence-corrected chi connectivity index (χ1v) is 6.58. The topological polar surface area (TPSA) is 16.1 Å². The molecule has 1 aliphatic heterocycles. The van der Waals surface area contributed by atoms with Crippen molar-refractivity contribution in [3.8, 4) is 0 Å². The Labute approximate surface area is 119 Å². The molecular weight excluding hydrogens is 284 g/mol. The van der Waals surface area contributed by atoms with E-state index < -0.39 is 29.2 Å². The van der Waals surface area contributed by atoms with Gasteiger partial charge in [-0.25, -0.2) is 0 Å². The average molecular weight is 296 g/mol. The van der Waals surface area contributed by atoms with Gasteiger partial charge in [-0.1, -0.05) is 30.3 Å². The molecule has 0 radical (unpaired) electrons. The number of rotatable bonds is 2. The quantitative estimate of drug-likeness (QED) is 0.621. The van der Waals surface area contributed by atoms with Crippen LogP contribution in [0.2, 0.25) is 0 Å². The van der Waals surface area contributed by atoms with Crippen LogP contribution in [0.3, 0.4) is 0 Å². The molecule has 3 rings (SSSR count). The van der Waals surface area contributed by atoms with Gasteiger partial charge in [0.25, 0.3) is 11.9 Å². The minimum Gasteiger partial charge on any atom is -0.366 e. The second-order valence-electron chi connectivity index (χ2n) is 5.01. The summed E-state index contributed by atoms with van der Waals surface area (Å²) in [7, 11) is 0. The molecule has 0 aliphatic carbocycles. The van der Waals surface area contributed by atoms with Crippen LogP contribution in [0.4, 0.5) is 23.2 Å². The summed E-state index contributed by atoms with van der Waals surface area (Å²) >= 11 is 0. The fraction of sp³-hybridized carbons (Fsp3) is 0.267. The van der Waals surface area contributed by atoms with Gasteiger partial charge in [0.15, 0.2) is 0 Å². The van der Waals surface area contributed by atoms with Crippen LogP contribution < -0.4 is 4.90 Å². The van der Waals surface area contributed by atoms with Crippen molar-refractivity contribution >= 4 is 5.69 Å². The zero-order valence-electron chi connectivity index (χ0n) is 11.0. The summed E-state index contributed by atoms with van der Waals surface area (Å²) in [6.07, 6.45) is 0.661. The van der Waals surface area contributed by atoms with Gasteiger partial charge in [-0.2, -0.15) is 22.5 Å². The number of hydrogen-bond donors (Lipinski definition) is 0. The number of anilines is 1. The van der Waals surface area contributed by atoms with Crippen LogP contribution >= 0.6 is 0 Å². The largest absolute Gasteiger partial charge is 0.366 e. The molecule has 1 aromatic carbocycles. The maximum absolute atomic E-state index is 13.7. The molecule has 2 aromatic rings. The van der Waals surface area contributed by atoms with Crippen LogP contribution in [0.1, 0.15) is 17.9 Å². The number of pyridine rings is 1. The second-order valence-corrected chi connectivity index (χ2v) is 5.01. The first kappa shape index (κ1) is 13.9. The van der Waals surface area contributed by atoms with Crippen molar-refractivity contribution in [2.45, 2.75) is 12.3 Å². The van der Waals surface area contributed by atoms with E-state index in [1.54, 1.807) is 0 Å². The summed E-state index contributed by atoms with van der Waals surface area (Å²) in [5, 5.41) is 0. The minimum absolute atomic E-state index is 0.0734. The first-order chi connectivity index (χ1) is 10.1. The molecule has 1 saturated heterocycles. The lowest BCUT2D eigenvalue weighted by Gasteiger charge is -2.20. The fourth-order valence-corrected chi connectivity index (χ4v) is 2.71. The Morgan fingerprint density at radius 1 is 0.952 bits per heavy atom. The van der Waals surface area contributed by atoms with E-state index in [0.717, 1.165) is 5.56 Å². The van der Waals surface area contributed by atoms with Gasteiger partial charge in [-0.3, -0.25) is 0 Å². The standard InChI is InChI=1S/C15H12F4N2/c16-11-13(12(17)15(19)20-14(11)18)21-7-6-10(8-21)9-4-2-1-3-5-9/h1-5,10H,6-8H2. The highest BCUT2D eigenvalue weighted by Gasteiger charge is 2.31. The molecule has 0 N–H and O–H groups in total. The molecule has 1 aliphatic rings. The summed E-state index contributed by atoms with van der Waals surface area (Å²) < 4.78 is 53.8. The van der Waals surface area contributed by atoms with Crippen LogP contribution in [0.15, 0.2) is 30.3 Å². The molecule has 1 atom stereocenters. The van der Waals surface area contributed by atoms with Crippen molar-refractivity contribution in [3.63, 3.8) is 0 Å². The van der Waals surface area contributed by atoms with Crippen molar-refractivity contribution in [2.24, 2.45) is 0 Å². The smallest absolute Gasteiger partial charge is 0.253 e. The summed E-state index contributed by atoms with van der Waals surface area (Å²) in [6.45, 7) is 0.636. The third-order valence-electron chi connectivity index (χ3n) is 3.75. The lowest BCUT2D eigenvalue weighted by atomic mass is 9.99. The van der Waals surface area contributed by atoms with Gasteiger partial charge in [0.1, 0.15) is 5.69 Å². The molecule has 2 nitrogen and oxygen atoms in total. The number of halogens is 4. The van der Waals surface area contributed by atoms with Crippen molar-refractivity contribution in [1.29, 1.82) is 0 Å². The second kappa shape index (κ2) is 5.35. The molecule has 1 fully saturated rings. The highest BCUT2D eigenvalue weighted by atomic mass is 19.2. The summed E-state index contributed by atoms with van der Waals surface area (Å²) in [4.78, 5) is 3.90. The molecule has 1 unspecified atom stereocenters. The van der Waals surface area contributed by atoms with Crippen LogP contribution in [0, 0.1) is 23.5 Å². The summed E-state index contributed by atoms with van der Waals surface area (Å²) in [5.41, 5.74) is 0.370. The van der Waals surface area contributed by atoms with Gasteiger partial charge >= 0.3 is 0 Å². The van der Waals surface area contributed by atoms with Crippen molar-refractivity contribution < 1.29 is 17.6 Å². The van der Waals surface area contributed by atoms with Gasteiger partial charge < -0.3 is 4.90 Å². The SMILES string of the molecule is Fc1nc(F)c(F)c(N2CCC(c3ccccc3)C2)c1F. The van der Waals surface area contributed by atoms with E-state index in [0.29, 0.717) is 19.5 Å². The van der Waals surface area contributed by atoms with E-state index in [4.69, 9.17) is 0 Å². The summed E-state index contributed by atoms with van der Waals surface area (Å²) in [5.74, 6) is -6.05. The van der Waals surface area contributed by atoms with E-state index in [2.05, 4.69) is 4.98 Å². The average Bonchev–Trinajstić information content (AvgIpc) is 2.96. The molecule has 1 aromatic heterocycles. The van der Waals surface area contributed by atoms with Gasteiger partial charge in [-0.15, -0.1) is 0 Å². The molecule has 110 valence electrons. The van der Waals surface area contributed by atoms with E-state index in [9.17, 15) is 17.6 Å². The zero-order valence-corrected chi connectivity index (χ0v) is 11.0. The molecule has 2 heterocycles.